The molecule has 0 radical (unpaired) electrons. The predicted octanol–water partition coefficient (Wildman–Crippen LogP) is 3.89. The highest BCUT2D eigenvalue weighted by Crippen LogP contribution is 2.37. The first-order chi connectivity index (χ1) is 10.0. The Hall–Kier alpha value is -1.16. The first kappa shape index (κ1) is 14.8. The number of anilines is 1. The maximum absolute atomic E-state index is 13.9. The van der Waals surface area contributed by atoms with Gasteiger partial charge in [0, 0.05) is 31.2 Å². The van der Waals surface area contributed by atoms with Crippen LogP contribution in [0, 0.1) is 23.5 Å². The molecule has 1 heterocycles. The van der Waals surface area contributed by atoms with Crippen LogP contribution in [0.1, 0.15) is 33.1 Å². The van der Waals surface area contributed by atoms with Gasteiger partial charge in [0.2, 0.25) is 0 Å². The normalized spacial score (nSPS) is 29.7. The van der Waals surface area contributed by atoms with Crippen LogP contribution in [-0.4, -0.2) is 30.1 Å². The number of hydrogen-bond donors (Lipinski definition) is 1. The van der Waals surface area contributed by atoms with Crippen LogP contribution in [0.3, 0.4) is 0 Å². The summed E-state index contributed by atoms with van der Waals surface area (Å²) in [6.45, 7) is 6.63. The molecule has 2 atom stereocenters. The standard InChI is InChI=1S/C17H24F2N2/c1-11(2)21-9-12-4-3-5-13(10-21)17(12)20-16-7-6-14(18)8-15(16)19/h6-8,11-13,17,20H,3-5,9-10H2,1-2H3. The van der Waals surface area contributed by atoms with Gasteiger partial charge in [-0.3, -0.25) is 0 Å². The summed E-state index contributed by atoms with van der Waals surface area (Å²) in [7, 11) is 0. The van der Waals surface area contributed by atoms with E-state index in [0.717, 1.165) is 19.2 Å². The fourth-order valence-electron chi connectivity index (χ4n) is 3.92. The smallest absolute Gasteiger partial charge is 0.149 e. The van der Waals surface area contributed by atoms with Crippen molar-refractivity contribution in [1.29, 1.82) is 0 Å². The van der Waals surface area contributed by atoms with E-state index >= 15 is 0 Å². The molecule has 21 heavy (non-hydrogen) atoms. The lowest BCUT2D eigenvalue weighted by Crippen LogP contribution is -2.56. The number of hydrogen-bond acceptors (Lipinski definition) is 2. The number of nitrogens with zero attached hydrogens (tertiary/aromatic N) is 1. The third-order valence-electron chi connectivity index (χ3n) is 5.09. The van der Waals surface area contributed by atoms with E-state index < -0.39 is 11.6 Å². The van der Waals surface area contributed by atoms with E-state index in [4.69, 9.17) is 0 Å². The molecule has 2 fully saturated rings. The van der Waals surface area contributed by atoms with Crippen molar-refractivity contribution >= 4 is 5.69 Å². The number of halogens is 2. The summed E-state index contributed by atoms with van der Waals surface area (Å²) in [5.41, 5.74) is 0.441. The highest BCUT2D eigenvalue weighted by Gasteiger charge is 2.40. The van der Waals surface area contributed by atoms with Gasteiger partial charge in [0.1, 0.15) is 11.6 Å². The second kappa shape index (κ2) is 5.91. The van der Waals surface area contributed by atoms with Crippen molar-refractivity contribution in [2.75, 3.05) is 18.4 Å². The average molecular weight is 294 g/mol. The molecule has 2 bridgehead atoms. The van der Waals surface area contributed by atoms with Crippen molar-refractivity contribution in [3.8, 4) is 0 Å². The molecule has 1 aromatic rings. The summed E-state index contributed by atoms with van der Waals surface area (Å²) in [6, 6.07) is 4.69. The molecule has 1 saturated heterocycles. The van der Waals surface area contributed by atoms with Gasteiger partial charge in [-0.1, -0.05) is 6.42 Å². The Morgan fingerprint density at radius 2 is 1.81 bits per heavy atom. The van der Waals surface area contributed by atoms with Gasteiger partial charge >= 0.3 is 0 Å². The summed E-state index contributed by atoms with van der Waals surface area (Å²) >= 11 is 0. The topological polar surface area (TPSA) is 15.3 Å². The SMILES string of the molecule is CC(C)N1CC2CCCC(C1)C2Nc1ccc(F)cc1F. The summed E-state index contributed by atoms with van der Waals surface area (Å²) in [4.78, 5) is 2.54. The molecular weight excluding hydrogens is 270 g/mol. The zero-order chi connectivity index (χ0) is 15.0. The van der Waals surface area contributed by atoms with Crippen molar-refractivity contribution in [3.63, 3.8) is 0 Å². The summed E-state index contributed by atoms with van der Waals surface area (Å²) in [6.07, 6.45) is 3.66. The van der Waals surface area contributed by atoms with Gasteiger partial charge in [0.25, 0.3) is 0 Å². The molecule has 1 saturated carbocycles. The highest BCUT2D eigenvalue weighted by atomic mass is 19.1. The van der Waals surface area contributed by atoms with Crippen molar-refractivity contribution in [1.82, 2.24) is 4.90 Å². The molecule has 1 N–H and O–H groups in total. The second-order valence-electron chi connectivity index (χ2n) is 6.79. The first-order valence-corrected chi connectivity index (χ1v) is 8.00. The molecule has 0 aromatic heterocycles. The number of fused-ring (bicyclic) bond motifs is 2. The minimum absolute atomic E-state index is 0.314. The lowest BCUT2D eigenvalue weighted by Gasteiger charge is -2.49. The minimum atomic E-state index is -0.520. The van der Waals surface area contributed by atoms with Crippen LogP contribution >= 0.6 is 0 Å². The molecule has 1 aromatic carbocycles. The molecule has 0 amide bonds. The number of rotatable bonds is 3. The Morgan fingerprint density at radius 3 is 2.38 bits per heavy atom. The fraction of sp³-hybridized carbons (Fsp3) is 0.647. The molecule has 1 aliphatic carbocycles. The van der Waals surface area contributed by atoms with E-state index in [2.05, 4.69) is 24.1 Å². The number of likely N-dealkylation sites (tertiary alicyclic amines) is 1. The maximum Gasteiger partial charge on any atom is 0.149 e. The van der Waals surface area contributed by atoms with Crippen LogP contribution in [0.4, 0.5) is 14.5 Å². The molecular formula is C17H24F2N2. The summed E-state index contributed by atoms with van der Waals surface area (Å²) in [5.74, 6) is 0.112. The largest absolute Gasteiger partial charge is 0.379 e. The monoisotopic (exact) mass is 294 g/mol. The number of benzene rings is 1. The summed E-state index contributed by atoms with van der Waals surface area (Å²) in [5, 5.41) is 3.37. The number of piperidine rings is 1. The Balaban J connectivity index is 1.76. The number of nitrogens with one attached hydrogen (secondary N) is 1. The van der Waals surface area contributed by atoms with Crippen molar-refractivity contribution < 1.29 is 8.78 Å². The molecule has 2 aliphatic rings. The third kappa shape index (κ3) is 3.05. The quantitative estimate of drug-likeness (QED) is 0.910. The average Bonchev–Trinajstić information content (AvgIpc) is 2.41. The Labute approximate surface area is 125 Å². The fourth-order valence-corrected chi connectivity index (χ4v) is 3.92. The predicted molar refractivity (Wildman–Crippen MR) is 81.3 cm³/mol. The van der Waals surface area contributed by atoms with Crippen molar-refractivity contribution in [2.45, 2.75) is 45.2 Å². The second-order valence-corrected chi connectivity index (χ2v) is 6.79. The maximum atomic E-state index is 13.9. The summed E-state index contributed by atoms with van der Waals surface area (Å²) < 4.78 is 26.9. The van der Waals surface area contributed by atoms with Crippen LogP contribution < -0.4 is 5.32 Å². The first-order valence-electron chi connectivity index (χ1n) is 8.00. The molecule has 2 unspecified atom stereocenters. The molecule has 1 aliphatic heterocycles. The third-order valence-corrected chi connectivity index (χ3v) is 5.09. The lowest BCUT2D eigenvalue weighted by molar-refractivity contribution is 0.0517. The van der Waals surface area contributed by atoms with Crippen LogP contribution in [0.25, 0.3) is 0 Å². The van der Waals surface area contributed by atoms with Crippen LogP contribution in [-0.2, 0) is 0 Å². The Morgan fingerprint density at radius 1 is 1.14 bits per heavy atom. The molecule has 2 nitrogen and oxygen atoms in total. The van der Waals surface area contributed by atoms with E-state index in [1.54, 1.807) is 0 Å². The van der Waals surface area contributed by atoms with Gasteiger partial charge in [0.15, 0.2) is 0 Å². The van der Waals surface area contributed by atoms with Crippen molar-refractivity contribution in [3.05, 3.63) is 29.8 Å². The highest BCUT2D eigenvalue weighted by molar-refractivity contribution is 5.46. The van der Waals surface area contributed by atoms with E-state index in [1.165, 1.54) is 31.4 Å². The van der Waals surface area contributed by atoms with Gasteiger partial charge in [0.05, 0.1) is 5.69 Å². The lowest BCUT2D eigenvalue weighted by atomic mass is 9.73. The molecule has 4 heteroatoms. The molecule has 0 spiro atoms. The van der Waals surface area contributed by atoms with E-state index in [1.807, 2.05) is 0 Å². The Kier molecular flexibility index (Phi) is 4.16. The van der Waals surface area contributed by atoms with Crippen LogP contribution in [0.5, 0.6) is 0 Å². The van der Waals surface area contributed by atoms with Gasteiger partial charge in [-0.25, -0.2) is 8.78 Å². The van der Waals surface area contributed by atoms with Gasteiger partial charge < -0.3 is 10.2 Å². The molecule has 3 rings (SSSR count). The zero-order valence-corrected chi connectivity index (χ0v) is 12.8. The molecule has 116 valence electrons. The van der Waals surface area contributed by atoms with Gasteiger partial charge in [-0.15, -0.1) is 0 Å². The Bertz CT molecular complexity index is 490. The minimum Gasteiger partial charge on any atom is -0.379 e. The van der Waals surface area contributed by atoms with Crippen molar-refractivity contribution in [2.24, 2.45) is 11.8 Å². The van der Waals surface area contributed by atoms with Crippen LogP contribution in [0.15, 0.2) is 18.2 Å². The van der Waals surface area contributed by atoms with E-state index in [-0.39, 0.29) is 0 Å². The van der Waals surface area contributed by atoms with Gasteiger partial charge in [-0.2, -0.15) is 0 Å². The van der Waals surface area contributed by atoms with Gasteiger partial charge in [-0.05, 0) is 50.7 Å². The van der Waals surface area contributed by atoms with E-state index in [9.17, 15) is 8.78 Å². The zero-order valence-electron chi connectivity index (χ0n) is 12.8. The van der Waals surface area contributed by atoms with Crippen LogP contribution in [0.2, 0.25) is 0 Å². The van der Waals surface area contributed by atoms with E-state index in [0.29, 0.717) is 29.6 Å².